The normalized spacial score (nSPS) is 10.5. The van der Waals surface area contributed by atoms with Crippen LogP contribution in [0.15, 0.2) is 41.2 Å². The molecule has 3 nitrogen and oxygen atoms in total. The van der Waals surface area contributed by atoms with Crippen molar-refractivity contribution in [2.24, 2.45) is 0 Å². The molecule has 0 saturated carbocycles. The number of nitrogens with zero attached hydrogens (tertiary/aromatic N) is 1. The zero-order valence-corrected chi connectivity index (χ0v) is 11.4. The first-order valence-corrected chi connectivity index (χ1v) is 6.36. The Hall–Kier alpha value is -2.16. The molecule has 0 spiro atoms. The van der Waals surface area contributed by atoms with Crippen LogP contribution in [0.4, 0.5) is 0 Å². The van der Waals surface area contributed by atoms with Crippen LogP contribution in [0.25, 0.3) is 0 Å². The number of carbonyl (C=O) groups is 1. The van der Waals surface area contributed by atoms with Gasteiger partial charge in [0, 0.05) is 17.8 Å². The van der Waals surface area contributed by atoms with Crippen molar-refractivity contribution < 1.29 is 4.79 Å². The van der Waals surface area contributed by atoms with Gasteiger partial charge in [-0.2, -0.15) is 0 Å². The molecule has 3 heteroatoms. The lowest BCUT2D eigenvalue weighted by molar-refractivity contribution is 0.103. The number of hydrogen-bond acceptors (Lipinski definition) is 2. The van der Waals surface area contributed by atoms with Crippen molar-refractivity contribution in [3.05, 3.63) is 69.1 Å². The van der Waals surface area contributed by atoms with Gasteiger partial charge >= 0.3 is 0 Å². The van der Waals surface area contributed by atoms with Crippen LogP contribution in [0, 0.1) is 13.8 Å². The number of benzene rings is 1. The quantitative estimate of drug-likeness (QED) is 0.791. The van der Waals surface area contributed by atoms with Crippen LogP contribution in [0.1, 0.15) is 34.1 Å². The van der Waals surface area contributed by atoms with E-state index in [4.69, 9.17) is 0 Å². The SMILES string of the molecule is CCn1c(C)ccc(C(=O)c2ccc(C)cc2)c1=O. The van der Waals surface area contributed by atoms with Gasteiger partial charge in [0.2, 0.25) is 0 Å². The van der Waals surface area contributed by atoms with E-state index in [1.807, 2.05) is 39.0 Å². The predicted molar refractivity (Wildman–Crippen MR) is 75.7 cm³/mol. The lowest BCUT2D eigenvalue weighted by Crippen LogP contribution is -2.27. The minimum atomic E-state index is -0.216. The third-order valence-electron chi connectivity index (χ3n) is 3.27. The highest BCUT2D eigenvalue weighted by Crippen LogP contribution is 2.09. The van der Waals surface area contributed by atoms with Crippen molar-refractivity contribution in [1.29, 1.82) is 0 Å². The van der Waals surface area contributed by atoms with E-state index < -0.39 is 0 Å². The Kier molecular flexibility index (Phi) is 3.65. The summed E-state index contributed by atoms with van der Waals surface area (Å²) >= 11 is 0. The molecule has 0 amide bonds. The largest absolute Gasteiger partial charge is 0.313 e. The van der Waals surface area contributed by atoms with E-state index in [0.717, 1.165) is 11.3 Å². The maximum Gasteiger partial charge on any atom is 0.261 e. The van der Waals surface area contributed by atoms with E-state index >= 15 is 0 Å². The molecule has 1 aromatic heterocycles. The Morgan fingerprint density at radius 1 is 1.05 bits per heavy atom. The fraction of sp³-hybridized carbons (Fsp3) is 0.250. The molecule has 98 valence electrons. The molecule has 1 aromatic carbocycles. The van der Waals surface area contributed by atoms with Crippen LogP contribution < -0.4 is 5.56 Å². The fourth-order valence-corrected chi connectivity index (χ4v) is 2.10. The van der Waals surface area contributed by atoms with E-state index in [2.05, 4.69) is 0 Å². The molecule has 0 saturated heterocycles. The second-order valence-electron chi connectivity index (χ2n) is 4.63. The average Bonchev–Trinajstić information content (AvgIpc) is 2.39. The zero-order chi connectivity index (χ0) is 14.0. The summed E-state index contributed by atoms with van der Waals surface area (Å²) in [5, 5.41) is 0. The molecular formula is C16H17NO2. The van der Waals surface area contributed by atoms with Gasteiger partial charge in [-0.25, -0.2) is 0 Å². The molecule has 0 bridgehead atoms. The summed E-state index contributed by atoms with van der Waals surface area (Å²) in [7, 11) is 0. The minimum Gasteiger partial charge on any atom is -0.313 e. The van der Waals surface area contributed by atoms with Crippen LogP contribution in [0.2, 0.25) is 0 Å². The molecular weight excluding hydrogens is 238 g/mol. The number of pyridine rings is 1. The number of carbonyl (C=O) groups excluding carboxylic acids is 1. The number of hydrogen-bond donors (Lipinski definition) is 0. The van der Waals surface area contributed by atoms with Crippen LogP contribution in [-0.4, -0.2) is 10.4 Å². The van der Waals surface area contributed by atoms with Gasteiger partial charge in [0.15, 0.2) is 5.78 Å². The highest BCUT2D eigenvalue weighted by molar-refractivity contribution is 6.08. The lowest BCUT2D eigenvalue weighted by atomic mass is 10.0. The summed E-state index contributed by atoms with van der Waals surface area (Å²) in [5.74, 6) is -0.216. The van der Waals surface area contributed by atoms with E-state index in [1.54, 1.807) is 22.8 Å². The molecule has 0 aliphatic carbocycles. The van der Waals surface area contributed by atoms with Crippen LogP contribution in [0.3, 0.4) is 0 Å². The molecule has 0 unspecified atom stereocenters. The van der Waals surface area contributed by atoms with Gasteiger partial charge in [-0.1, -0.05) is 29.8 Å². The minimum absolute atomic E-state index is 0.215. The standard InChI is InChI=1S/C16H17NO2/c1-4-17-12(3)7-10-14(16(17)19)15(18)13-8-5-11(2)6-9-13/h5-10H,4H2,1-3H3. The van der Waals surface area contributed by atoms with E-state index in [1.165, 1.54) is 0 Å². The molecule has 0 aliphatic rings. The van der Waals surface area contributed by atoms with Crippen LogP contribution >= 0.6 is 0 Å². The van der Waals surface area contributed by atoms with E-state index in [0.29, 0.717) is 12.1 Å². The summed E-state index contributed by atoms with van der Waals surface area (Å²) in [5.41, 5.74) is 2.53. The molecule has 0 radical (unpaired) electrons. The van der Waals surface area contributed by atoms with Gasteiger partial charge in [0.05, 0.1) is 5.56 Å². The molecule has 0 aliphatic heterocycles. The number of aryl methyl sites for hydroxylation is 2. The summed E-state index contributed by atoms with van der Waals surface area (Å²) in [4.78, 5) is 24.6. The van der Waals surface area contributed by atoms with Crippen molar-refractivity contribution >= 4 is 5.78 Å². The van der Waals surface area contributed by atoms with Crippen molar-refractivity contribution in [3.8, 4) is 0 Å². The molecule has 0 fully saturated rings. The van der Waals surface area contributed by atoms with Gasteiger partial charge in [-0.05, 0) is 32.9 Å². The monoisotopic (exact) mass is 255 g/mol. The lowest BCUT2D eigenvalue weighted by Gasteiger charge is -2.09. The average molecular weight is 255 g/mol. The third-order valence-corrected chi connectivity index (χ3v) is 3.27. The maximum absolute atomic E-state index is 12.3. The van der Waals surface area contributed by atoms with Crippen molar-refractivity contribution in [3.63, 3.8) is 0 Å². The van der Waals surface area contributed by atoms with Gasteiger partial charge < -0.3 is 4.57 Å². The van der Waals surface area contributed by atoms with Crippen LogP contribution in [-0.2, 0) is 6.54 Å². The topological polar surface area (TPSA) is 39.1 Å². The molecule has 0 N–H and O–H groups in total. The van der Waals surface area contributed by atoms with E-state index in [9.17, 15) is 9.59 Å². The van der Waals surface area contributed by atoms with Gasteiger partial charge in [-0.15, -0.1) is 0 Å². The van der Waals surface area contributed by atoms with Gasteiger partial charge in [0.25, 0.3) is 5.56 Å². The fourth-order valence-electron chi connectivity index (χ4n) is 2.10. The predicted octanol–water partition coefficient (Wildman–Crippen LogP) is 2.72. The van der Waals surface area contributed by atoms with Crippen molar-refractivity contribution in [1.82, 2.24) is 4.57 Å². The van der Waals surface area contributed by atoms with Crippen molar-refractivity contribution in [2.75, 3.05) is 0 Å². The van der Waals surface area contributed by atoms with Gasteiger partial charge in [-0.3, -0.25) is 9.59 Å². The summed E-state index contributed by atoms with van der Waals surface area (Å²) in [6.45, 7) is 6.30. The highest BCUT2D eigenvalue weighted by atomic mass is 16.1. The van der Waals surface area contributed by atoms with Crippen molar-refractivity contribution in [2.45, 2.75) is 27.3 Å². The van der Waals surface area contributed by atoms with E-state index in [-0.39, 0.29) is 16.9 Å². The third kappa shape index (κ3) is 2.50. The maximum atomic E-state index is 12.3. The summed E-state index contributed by atoms with van der Waals surface area (Å²) in [6, 6.07) is 10.7. The molecule has 2 aromatic rings. The Bertz CT molecular complexity index is 666. The highest BCUT2D eigenvalue weighted by Gasteiger charge is 2.14. The molecule has 19 heavy (non-hydrogen) atoms. The van der Waals surface area contributed by atoms with Gasteiger partial charge in [0.1, 0.15) is 0 Å². The first-order valence-electron chi connectivity index (χ1n) is 6.36. The Balaban J connectivity index is 2.51. The molecule has 1 heterocycles. The number of rotatable bonds is 3. The molecule has 2 rings (SSSR count). The Labute approximate surface area is 112 Å². The summed E-state index contributed by atoms with van der Waals surface area (Å²) < 4.78 is 1.61. The first-order chi connectivity index (χ1) is 9.04. The second kappa shape index (κ2) is 5.22. The molecule has 0 atom stereocenters. The smallest absolute Gasteiger partial charge is 0.261 e. The first kappa shape index (κ1) is 13.3. The Morgan fingerprint density at radius 3 is 2.26 bits per heavy atom. The Morgan fingerprint density at radius 2 is 1.68 bits per heavy atom. The second-order valence-corrected chi connectivity index (χ2v) is 4.63. The van der Waals surface area contributed by atoms with Crippen LogP contribution in [0.5, 0.6) is 0 Å². The number of aromatic nitrogens is 1. The number of ketones is 1. The summed E-state index contributed by atoms with van der Waals surface area (Å²) in [6.07, 6.45) is 0. The zero-order valence-electron chi connectivity index (χ0n) is 11.4.